The Bertz CT molecular complexity index is 2670. The van der Waals surface area contributed by atoms with Crippen LogP contribution in [0, 0.1) is 0 Å². The lowest BCUT2D eigenvalue weighted by atomic mass is 9.82. The van der Waals surface area contributed by atoms with E-state index in [0.29, 0.717) is 0 Å². The maximum absolute atomic E-state index is 6.44. The van der Waals surface area contributed by atoms with Crippen molar-refractivity contribution in [3.63, 3.8) is 0 Å². The lowest BCUT2D eigenvalue weighted by Gasteiger charge is -2.21. The van der Waals surface area contributed by atoms with Crippen LogP contribution in [0.25, 0.3) is 82.5 Å². The Morgan fingerprint density at radius 2 is 1.22 bits per heavy atom. The average Bonchev–Trinajstić information content (AvgIpc) is 3.69. The first-order valence-corrected chi connectivity index (χ1v) is 15.7. The monoisotopic (exact) mass is 575 g/mol. The third-order valence-corrected chi connectivity index (χ3v) is 10.2. The Morgan fingerprint density at radius 3 is 2.11 bits per heavy atom. The molecular formula is C43H29NO. The standard InChI is InChI=1S/C43H29NO/c1-43(2)36-13-7-5-11-31(36)33-24-35-34-23-28(18-22-40(34)45-41(35)25-37(33)43)26-15-19-29(20-16-26)44-38-14-8-6-12-32(38)42-30-10-4-3-9-27(30)17-21-39(42)44/h3-25H,1-2H3. The summed E-state index contributed by atoms with van der Waals surface area (Å²) in [7, 11) is 0. The maximum atomic E-state index is 6.44. The van der Waals surface area contributed by atoms with Crippen molar-refractivity contribution in [2.75, 3.05) is 0 Å². The van der Waals surface area contributed by atoms with Crippen molar-refractivity contribution in [2.24, 2.45) is 0 Å². The minimum Gasteiger partial charge on any atom is -0.456 e. The molecule has 7 aromatic carbocycles. The Labute approximate surface area is 260 Å². The number of fused-ring (bicyclic) bond motifs is 11. The molecule has 0 atom stereocenters. The second kappa shape index (κ2) is 8.74. The van der Waals surface area contributed by atoms with Gasteiger partial charge in [0.15, 0.2) is 0 Å². The van der Waals surface area contributed by atoms with Crippen LogP contribution in [0.15, 0.2) is 144 Å². The zero-order chi connectivity index (χ0) is 29.9. The summed E-state index contributed by atoms with van der Waals surface area (Å²) in [6.07, 6.45) is 0. The molecule has 0 N–H and O–H groups in total. The summed E-state index contributed by atoms with van der Waals surface area (Å²) in [5.41, 5.74) is 13.2. The van der Waals surface area contributed by atoms with Gasteiger partial charge in [-0.05, 0) is 92.7 Å². The normalized spacial score (nSPS) is 13.7. The second-order valence-corrected chi connectivity index (χ2v) is 13.0. The van der Waals surface area contributed by atoms with E-state index in [-0.39, 0.29) is 5.41 Å². The fraction of sp³-hybridized carbons (Fsp3) is 0.0698. The van der Waals surface area contributed by atoms with Gasteiger partial charge in [-0.3, -0.25) is 0 Å². The van der Waals surface area contributed by atoms with E-state index < -0.39 is 0 Å². The predicted octanol–water partition coefficient (Wildman–Crippen LogP) is 11.8. The Morgan fingerprint density at radius 1 is 0.489 bits per heavy atom. The van der Waals surface area contributed by atoms with Gasteiger partial charge in [-0.1, -0.05) is 105 Å². The second-order valence-electron chi connectivity index (χ2n) is 13.0. The van der Waals surface area contributed by atoms with E-state index in [1.54, 1.807) is 0 Å². The molecule has 0 spiro atoms. The van der Waals surface area contributed by atoms with Crippen LogP contribution >= 0.6 is 0 Å². The highest BCUT2D eigenvalue weighted by molar-refractivity contribution is 6.21. The van der Waals surface area contributed by atoms with E-state index in [1.807, 2.05) is 0 Å². The molecule has 0 unspecified atom stereocenters. The molecule has 0 bridgehead atoms. The number of furan rings is 1. The molecule has 212 valence electrons. The number of aromatic nitrogens is 1. The van der Waals surface area contributed by atoms with Crippen molar-refractivity contribution in [2.45, 2.75) is 19.3 Å². The summed E-state index contributed by atoms with van der Waals surface area (Å²) >= 11 is 0. The van der Waals surface area contributed by atoms with Gasteiger partial charge in [0.25, 0.3) is 0 Å². The van der Waals surface area contributed by atoms with Gasteiger partial charge >= 0.3 is 0 Å². The first-order valence-electron chi connectivity index (χ1n) is 15.7. The molecule has 1 aliphatic carbocycles. The summed E-state index contributed by atoms with van der Waals surface area (Å²) in [6, 6.07) is 50.9. The summed E-state index contributed by atoms with van der Waals surface area (Å²) in [4.78, 5) is 0. The zero-order valence-corrected chi connectivity index (χ0v) is 25.1. The van der Waals surface area contributed by atoms with Crippen LogP contribution in [0.5, 0.6) is 0 Å². The molecular weight excluding hydrogens is 546 g/mol. The lowest BCUT2D eigenvalue weighted by Crippen LogP contribution is -2.14. The Kier molecular flexibility index (Phi) is 4.82. The number of hydrogen-bond donors (Lipinski definition) is 0. The fourth-order valence-corrected chi connectivity index (χ4v) is 7.97. The van der Waals surface area contributed by atoms with Gasteiger partial charge in [0.05, 0.1) is 11.0 Å². The Balaban J connectivity index is 1.11. The average molecular weight is 576 g/mol. The van der Waals surface area contributed by atoms with Crippen molar-refractivity contribution in [3.8, 4) is 27.9 Å². The van der Waals surface area contributed by atoms with E-state index in [2.05, 4.69) is 158 Å². The number of nitrogens with zero attached hydrogens (tertiary/aromatic N) is 1. The van der Waals surface area contributed by atoms with Crippen molar-refractivity contribution >= 4 is 54.5 Å². The predicted molar refractivity (Wildman–Crippen MR) is 189 cm³/mol. The third kappa shape index (κ3) is 3.34. The van der Waals surface area contributed by atoms with Crippen LogP contribution in [-0.4, -0.2) is 4.57 Å². The molecule has 2 aromatic heterocycles. The highest BCUT2D eigenvalue weighted by Gasteiger charge is 2.36. The van der Waals surface area contributed by atoms with Gasteiger partial charge in [-0.2, -0.15) is 0 Å². The molecule has 0 radical (unpaired) electrons. The highest BCUT2D eigenvalue weighted by Crippen LogP contribution is 2.50. The van der Waals surface area contributed by atoms with Crippen LogP contribution in [0.3, 0.4) is 0 Å². The highest BCUT2D eigenvalue weighted by atomic mass is 16.3. The molecule has 0 fully saturated rings. The molecule has 45 heavy (non-hydrogen) atoms. The fourth-order valence-electron chi connectivity index (χ4n) is 7.97. The minimum absolute atomic E-state index is 0.0462. The molecule has 10 rings (SSSR count). The molecule has 2 nitrogen and oxygen atoms in total. The summed E-state index contributed by atoms with van der Waals surface area (Å²) in [5, 5.41) is 7.48. The molecule has 9 aromatic rings. The smallest absolute Gasteiger partial charge is 0.135 e. The SMILES string of the molecule is CC1(C)c2ccccc2-c2cc3c(cc21)oc1ccc(-c2ccc(-n4c5ccccc5c5c6ccccc6ccc54)cc2)cc13. The first kappa shape index (κ1) is 24.8. The van der Waals surface area contributed by atoms with E-state index >= 15 is 0 Å². The molecule has 1 aliphatic rings. The van der Waals surface area contributed by atoms with Gasteiger partial charge in [0.1, 0.15) is 11.2 Å². The van der Waals surface area contributed by atoms with Crippen LogP contribution in [0.2, 0.25) is 0 Å². The van der Waals surface area contributed by atoms with Crippen molar-refractivity contribution < 1.29 is 4.42 Å². The lowest BCUT2D eigenvalue weighted by molar-refractivity contribution is 0.647. The summed E-state index contributed by atoms with van der Waals surface area (Å²) in [6.45, 7) is 4.63. The third-order valence-electron chi connectivity index (χ3n) is 10.2. The molecule has 0 saturated heterocycles. The van der Waals surface area contributed by atoms with Crippen molar-refractivity contribution in [1.29, 1.82) is 0 Å². The Hall–Kier alpha value is -5.60. The zero-order valence-electron chi connectivity index (χ0n) is 25.1. The first-order chi connectivity index (χ1) is 22.1. The van der Waals surface area contributed by atoms with E-state index in [9.17, 15) is 0 Å². The van der Waals surface area contributed by atoms with Gasteiger partial charge in [0, 0.05) is 32.6 Å². The van der Waals surface area contributed by atoms with Gasteiger partial charge in [0.2, 0.25) is 0 Å². The van der Waals surface area contributed by atoms with Crippen LogP contribution in [-0.2, 0) is 5.41 Å². The topological polar surface area (TPSA) is 18.1 Å². The van der Waals surface area contributed by atoms with Gasteiger partial charge < -0.3 is 8.98 Å². The molecule has 2 heterocycles. The van der Waals surface area contributed by atoms with Gasteiger partial charge in [-0.25, -0.2) is 0 Å². The molecule has 2 heteroatoms. The van der Waals surface area contributed by atoms with Crippen LogP contribution in [0.4, 0.5) is 0 Å². The molecule has 0 saturated carbocycles. The minimum atomic E-state index is -0.0462. The number of benzene rings is 7. The maximum Gasteiger partial charge on any atom is 0.135 e. The van der Waals surface area contributed by atoms with Crippen LogP contribution in [0.1, 0.15) is 25.0 Å². The van der Waals surface area contributed by atoms with Crippen molar-refractivity contribution in [3.05, 3.63) is 151 Å². The van der Waals surface area contributed by atoms with E-state index in [0.717, 1.165) is 22.2 Å². The number of rotatable bonds is 2. The quantitative estimate of drug-likeness (QED) is 0.200. The van der Waals surface area contributed by atoms with Gasteiger partial charge in [-0.15, -0.1) is 0 Å². The summed E-state index contributed by atoms with van der Waals surface area (Å²) < 4.78 is 8.83. The van der Waals surface area contributed by atoms with E-state index in [4.69, 9.17) is 4.42 Å². The number of para-hydroxylation sites is 1. The van der Waals surface area contributed by atoms with Crippen molar-refractivity contribution in [1.82, 2.24) is 4.57 Å². The summed E-state index contributed by atoms with van der Waals surface area (Å²) in [5.74, 6) is 0. The van der Waals surface area contributed by atoms with Crippen LogP contribution < -0.4 is 0 Å². The molecule has 0 amide bonds. The molecule has 0 aliphatic heterocycles. The number of hydrogen-bond acceptors (Lipinski definition) is 1. The van der Waals surface area contributed by atoms with E-state index in [1.165, 1.54) is 71.3 Å². The largest absolute Gasteiger partial charge is 0.456 e.